The molecule has 0 spiro atoms. The molecule has 0 bridgehead atoms. The zero-order valence-corrected chi connectivity index (χ0v) is 14.8. The van der Waals surface area contributed by atoms with Gasteiger partial charge in [0.15, 0.2) is 0 Å². The van der Waals surface area contributed by atoms with Crippen LogP contribution in [0.3, 0.4) is 0 Å². The quantitative estimate of drug-likeness (QED) is 0.932. The monoisotopic (exact) mass is 338 g/mol. The maximum atomic E-state index is 12.7. The van der Waals surface area contributed by atoms with Crippen LogP contribution in [0.4, 0.5) is 0 Å². The molecule has 1 aliphatic heterocycles. The number of carbonyl (C=O) groups is 1. The molecule has 0 unspecified atom stereocenters. The molecule has 4 rings (SSSR count). The first kappa shape index (κ1) is 16.3. The summed E-state index contributed by atoms with van der Waals surface area (Å²) in [5.74, 6) is 0.137. The van der Waals surface area contributed by atoms with E-state index < -0.39 is 0 Å². The lowest BCUT2D eigenvalue weighted by Gasteiger charge is -2.28. The molecule has 2 heterocycles. The molecule has 1 aliphatic carbocycles. The van der Waals surface area contributed by atoms with Crippen LogP contribution >= 0.6 is 0 Å². The van der Waals surface area contributed by atoms with Crippen LogP contribution in [0.1, 0.15) is 54.5 Å². The molecule has 5 heteroatoms. The number of carbonyl (C=O) groups excluding carboxylic acids is 1. The molecule has 2 atom stereocenters. The van der Waals surface area contributed by atoms with Crippen LogP contribution in [0.5, 0.6) is 0 Å². The van der Waals surface area contributed by atoms with E-state index in [1.807, 2.05) is 17.9 Å². The average Bonchev–Trinajstić information content (AvgIpc) is 3.24. The average molecular weight is 338 g/mol. The molecule has 2 aromatic rings. The third kappa shape index (κ3) is 3.47. The summed E-state index contributed by atoms with van der Waals surface area (Å²) in [5, 5.41) is 7.56. The van der Waals surface area contributed by atoms with Crippen LogP contribution in [-0.4, -0.2) is 33.7 Å². The summed E-state index contributed by atoms with van der Waals surface area (Å²) >= 11 is 0. The smallest absolute Gasteiger partial charge is 0.234 e. The second kappa shape index (κ2) is 7.00. The van der Waals surface area contributed by atoms with E-state index in [1.165, 1.54) is 16.7 Å². The highest BCUT2D eigenvalue weighted by atomic mass is 16.2. The Balaban J connectivity index is 1.41. The van der Waals surface area contributed by atoms with Gasteiger partial charge in [0.05, 0.1) is 18.8 Å². The Labute approximate surface area is 149 Å². The van der Waals surface area contributed by atoms with Crippen LogP contribution in [-0.2, 0) is 18.3 Å². The van der Waals surface area contributed by atoms with Crippen LogP contribution in [0.25, 0.3) is 0 Å². The highest BCUT2D eigenvalue weighted by molar-refractivity contribution is 5.78. The molecule has 1 amide bonds. The number of nitrogens with one attached hydrogen (secondary N) is 1. The van der Waals surface area contributed by atoms with Gasteiger partial charge in [0, 0.05) is 24.8 Å². The molecular weight excluding hydrogens is 312 g/mol. The summed E-state index contributed by atoms with van der Waals surface area (Å²) in [4.78, 5) is 15.0. The van der Waals surface area contributed by atoms with E-state index >= 15 is 0 Å². The molecule has 1 saturated heterocycles. The van der Waals surface area contributed by atoms with Crippen molar-refractivity contribution in [1.29, 1.82) is 0 Å². The summed E-state index contributed by atoms with van der Waals surface area (Å²) in [6.45, 7) is 1.45. The number of rotatable bonds is 4. The minimum atomic E-state index is 0.137. The highest BCUT2D eigenvalue weighted by Gasteiger charge is 2.29. The van der Waals surface area contributed by atoms with Crippen LogP contribution in [0, 0.1) is 0 Å². The fraction of sp³-hybridized carbons (Fsp3) is 0.500. The lowest BCUT2D eigenvalue weighted by Crippen LogP contribution is -2.39. The number of hydrogen-bond donors (Lipinski definition) is 1. The number of nitrogens with zero attached hydrogens (tertiary/aromatic N) is 3. The predicted molar refractivity (Wildman–Crippen MR) is 97.0 cm³/mol. The van der Waals surface area contributed by atoms with Gasteiger partial charge >= 0.3 is 0 Å². The van der Waals surface area contributed by atoms with E-state index in [2.05, 4.69) is 45.8 Å². The van der Waals surface area contributed by atoms with Crippen molar-refractivity contribution in [3.05, 3.63) is 53.3 Å². The van der Waals surface area contributed by atoms with Gasteiger partial charge < -0.3 is 5.32 Å². The standard InChI is InChI=1S/C20H26N4O/c1-23-13-16(12-21-23)19-10-5-11-24(19)14-20(25)22-18-9-4-7-15-6-2-3-8-17(15)18/h2-3,6,8,12-13,18-19H,4-5,7,9-11,14H2,1H3,(H,22,25)/t18-,19+/m1/s1. The van der Waals surface area contributed by atoms with Gasteiger partial charge in [-0.3, -0.25) is 14.4 Å². The molecule has 2 aliphatic rings. The Kier molecular flexibility index (Phi) is 4.57. The zero-order valence-electron chi connectivity index (χ0n) is 14.8. The van der Waals surface area contributed by atoms with Gasteiger partial charge in [-0.1, -0.05) is 24.3 Å². The minimum absolute atomic E-state index is 0.137. The van der Waals surface area contributed by atoms with E-state index in [9.17, 15) is 4.79 Å². The van der Waals surface area contributed by atoms with Gasteiger partial charge in [0.2, 0.25) is 5.91 Å². The Hall–Kier alpha value is -2.14. The van der Waals surface area contributed by atoms with Crippen LogP contribution in [0.15, 0.2) is 36.7 Å². The van der Waals surface area contributed by atoms with Crippen LogP contribution < -0.4 is 5.32 Å². The largest absolute Gasteiger partial charge is 0.348 e. The summed E-state index contributed by atoms with van der Waals surface area (Å²) in [6.07, 6.45) is 9.54. The number of fused-ring (bicyclic) bond motifs is 1. The fourth-order valence-electron chi connectivity index (χ4n) is 4.33. The Morgan fingerprint density at radius 3 is 3.00 bits per heavy atom. The number of benzene rings is 1. The van der Waals surface area contributed by atoms with E-state index in [-0.39, 0.29) is 11.9 Å². The Bertz CT molecular complexity index is 754. The topological polar surface area (TPSA) is 50.2 Å². The molecule has 1 aromatic heterocycles. The molecule has 1 aromatic carbocycles. The summed E-state index contributed by atoms with van der Waals surface area (Å²) < 4.78 is 1.84. The van der Waals surface area contributed by atoms with Gasteiger partial charge in [-0.2, -0.15) is 5.10 Å². The number of hydrogen-bond acceptors (Lipinski definition) is 3. The molecule has 1 fully saturated rings. The lowest BCUT2D eigenvalue weighted by molar-refractivity contribution is -0.123. The Morgan fingerprint density at radius 2 is 2.16 bits per heavy atom. The molecule has 132 valence electrons. The fourth-order valence-corrected chi connectivity index (χ4v) is 4.33. The number of likely N-dealkylation sites (tertiary alicyclic amines) is 1. The van der Waals surface area contributed by atoms with Gasteiger partial charge in [-0.05, 0) is 49.8 Å². The summed E-state index contributed by atoms with van der Waals surface area (Å²) in [6, 6.07) is 8.99. The van der Waals surface area contributed by atoms with Crippen molar-refractivity contribution in [2.24, 2.45) is 7.05 Å². The van der Waals surface area contributed by atoms with Crippen molar-refractivity contribution in [1.82, 2.24) is 20.0 Å². The van der Waals surface area contributed by atoms with Crippen molar-refractivity contribution in [2.45, 2.75) is 44.2 Å². The van der Waals surface area contributed by atoms with Crippen molar-refractivity contribution in [2.75, 3.05) is 13.1 Å². The normalized spacial score (nSPS) is 23.4. The maximum absolute atomic E-state index is 12.7. The summed E-state index contributed by atoms with van der Waals surface area (Å²) in [7, 11) is 1.94. The minimum Gasteiger partial charge on any atom is -0.348 e. The van der Waals surface area contributed by atoms with Crippen molar-refractivity contribution >= 4 is 5.91 Å². The van der Waals surface area contributed by atoms with Crippen LogP contribution in [0.2, 0.25) is 0 Å². The Morgan fingerprint density at radius 1 is 1.28 bits per heavy atom. The van der Waals surface area contributed by atoms with Gasteiger partial charge in [0.1, 0.15) is 0 Å². The molecule has 25 heavy (non-hydrogen) atoms. The highest BCUT2D eigenvalue weighted by Crippen LogP contribution is 2.32. The van der Waals surface area contributed by atoms with Gasteiger partial charge in [-0.15, -0.1) is 0 Å². The molecule has 5 nitrogen and oxygen atoms in total. The number of aromatic nitrogens is 2. The van der Waals surface area contributed by atoms with Crippen molar-refractivity contribution in [3.63, 3.8) is 0 Å². The second-order valence-corrected chi connectivity index (χ2v) is 7.29. The SMILES string of the molecule is Cn1cc([C@@H]2CCCN2CC(=O)N[C@@H]2CCCc3ccccc32)cn1. The molecule has 0 saturated carbocycles. The summed E-state index contributed by atoms with van der Waals surface area (Å²) in [5.41, 5.74) is 3.90. The first-order chi connectivity index (χ1) is 12.2. The van der Waals surface area contributed by atoms with E-state index in [1.54, 1.807) is 0 Å². The maximum Gasteiger partial charge on any atom is 0.234 e. The van der Waals surface area contributed by atoms with E-state index in [0.29, 0.717) is 12.6 Å². The predicted octanol–water partition coefficient (Wildman–Crippen LogP) is 2.75. The van der Waals surface area contributed by atoms with Gasteiger partial charge in [0.25, 0.3) is 0 Å². The van der Waals surface area contributed by atoms with Gasteiger partial charge in [-0.25, -0.2) is 0 Å². The molecule has 1 N–H and O–H groups in total. The molecule has 0 radical (unpaired) electrons. The first-order valence-electron chi connectivity index (χ1n) is 9.30. The lowest BCUT2D eigenvalue weighted by atomic mass is 9.88. The van der Waals surface area contributed by atoms with E-state index in [4.69, 9.17) is 0 Å². The number of amides is 1. The first-order valence-corrected chi connectivity index (χ1v) is 9.30. The third-order valence-corrected chi connectivity index (χ3v) is 5.52. The van der Waals surface area contributed by atoms with Crippen molar-refractivity contribution in [3.8, 4) is 0 Å². The number of aryl methyl sites for hydroxylation is 2. The zero-order chi connectivity index (χ0) is 17.2. The third-order valence-electron chi connectivity index (χ3n) is 5.52. The second-order valence-electron chi connectivity index (χ2n) is 7.29. The van der Waals surface area contributed by atoms with E-state index in [0.717, 1.165) is 38.6 Å². The molecular formula is C20H26N4O. The van der Waals surface area contributed by atoms with Crippen molar-refractivity contribution < 1.29 is 4.79 Å².